The van der Waals surface area contributed by atoms with Crippen molar-refractivity contribution < 1.29 is 4.74 Å². The van der Waals surface area contributed by atoms with Crippen molar-refractivity contribution in [2.45, 2.75) is 6.92 Å². The van der Waals surface area contributed by atoms with E-state index in [2.05, 4.69) is 0 Å². The van der Waals surface area contributed by atoms with Gasteiger partial charge in [-0.05, 0) is 24.6 Å². The molecule has 3 rings (SSSR count). The van der Waals surface area contributed by atoms with E-state index in [1.165, 1.54) is 0 Å². The van der Waals surface area contributed by atoms with Crippen LogP contribution in [0.4, 0.5) is 5.69 Å². The first-order valence-corrected chi connectivity index (χ1v) is 6.99. The summed E-state index contributed by atoms with van der Waals surface area (Å²) in [6.45, 7) is 1.96. The van der Waals surface area contributed by atoms with Gasteiger partial charge in [0.05, 0.1) is 28.7 Å². The molecule has 0 radical (unpaired) electrons. The number of nitrogens with zero attached hydrogens (tertiary/aromatic N) is 1. The van der Waals surface area contributed by atoms with Gasteiger partial charge in [0.25, 0.3) is 0 Å². The molecule has 3 nitrogen and oxygen atoms in total. The Hall–Kier alpha value is -2.26. The number of methoxy groups -OCH3 is 1. The van der Waals surface area contributed by atoms with Crippen molar-refractivity contribution in [2.75, 3.05) is 12.8 Å². The van der Waals surface area contributed by atoms with E-state index >= 15 is 0 Å². The number of ether oxygens (including phenoxy) is 1. The van der Waals surface area contributed by atoms with Crippen LogP contribution in [0.25, 0.3) is 22.2 Å². The van der Waals surface area contributed by atoms with Gasteiger partial charge in [0.2, 0.25) is 0 Å². The zero-order valence-electron chi connectivity index (χ0n) is 11.9. The Bertz CT molecular complexity index is 816. The molecule has 0 fully saturated rings. The fraction of sp³-hybridized carbons (Fsp3) is 0.118. The molecule has 106 valence electrons. The van der Waals surface area contributed by atoms with Gasteiger partial charge in [-0.2, -0.15) is 0 Å². The SMILES string of the molecule is COc1ccc(Cl)c2nc(-c3ccccc3)c(C)c(N)c12. The summed E-state index contributed by atoms with van der Waals surface area (Å²) in [6, 6.07) is 13.5. The van der Waals surface area contributed by atoms with Crippen molar-refractivity contribution in [3.05, 3.63) is 53.1 Å². The third-order valence-electron chi connectivity index (χ3n) is 3.61. The Balaban J connectivity index is 2.41. The number of hydrogen-bond donors (Lipinski definition) is 1. The number of pyridine rings is 1. The van der Waals surface area contributed by atoms with Gasteiger partial charge in [0, 0.05) is 11.3 Å². The normalized spacial score (nSPS) is 10.8. The van der Waals surface area contributed by atoms with Gasteiger partial charge in [-0.25, -0.2) is 4.98 Å². The molecule has 0 atom stereocenters. The molecule has 2 aromatic carbocycles. The Kier molecular flexibility index (Phi) is 3.43. The molecule has 0 spiro atoms. The zero-order chi connectivity index (χ0) is 15.0. The topological polar surface area (TPSA) is 48.1 Å². The lowest BCUT2D eigenvalue weighted by atomic mass is 10.0. The van der Waals surface area contributed by atoms with E-state index in [9.17, 15) is 0 Å². The van der Waals surface area contributed by atoms with E-state index in [4.69, 9.17) is 27.1 Å². The van der Waals surface area contributed by atoms with E-state index < -0.39 is 0 Å². The second-order valence-electron chi connectivity index (χ2n) is 4.84. The molecule has 0 bridgehead atoms. The largest absolute Gasteiger partial charge is 0.496 e. The van der Waals surface area contributed by atoms with Gasteiger partial charge in [0.15, 0.2) is 0 Å². The fourth-order valence-corrected chi connectivity index (χ4v) is 2.67. The molecule has 0 unspecified atom stereocenters. The predicted molar refractivity (Wildman–Crippen MR) is 87.9 cm³/mol. The molecule has 3 aromatic rings. The smallest absolute Gasteiger partial charge is 0.130 e. The Morgan fingerprint density at radius 3 is 2.48 bits per heavy atom. The van der Waals surface area contributed by atoms with Crippen molar-refractivity contribution in [3.8, 4) is 17.0 Å². The number of halogens is 1. The number of benzene rings is 2. The molecule has 0 aliphatic carbocycles. The number of nitrogen functional groups attached to an aromatic ring is 1. The maximum absolute atomic E-state index is 6.32. The second kappa shape index (κ2) is 5.26. The minimum absolute atomic E-state index is 0.565. The molecule has 1 aromatic heterocycles. The van der Waals surface area contributed by atoms with E-state index in [0.29, 0.717) is 22.0 Å². The first-order valence-electron chi connectivity index (χ1n) is 6.61. The molecular formula is C17H15ClN2O. The maximum Gasteiger partial charge on any atom is 0.130 e. The molecule has 4 heteroatoms. The van der Waals surface area contributed by atoms with Crippen molar-refractivity contribution in [1.82, 2.24) is 4.98 Å². The van der Waals surface area contributed by atoms with Crippen LogP contribution in [0.5, 0.6) is 5.75 Å². The molecule has 0 aliphatic heterocycles. The minimum atomic E-state index is 0.565. The molecule has 0 amide bonds. The van der Waals surface area contributed by atoms with Gasteiger partial charge in [-0.3, -0.25) is 0 Å². The highest BCUT2D eigenvalue weighted by atomic mass is 35.5. The number of hydrogen-bond acceptors (Lipinski definition) is 3. The van der Waals surface area contributed by atoms with Crippen LogP contribution in [0.2, 0.25) is 5.02 Å². The van der Waals surface area contributed by atoms with Crippen molar-refractivity contribution >= 4 is 28.2 Å². The summed E-state index contributed by atoms with van der Waals surface area (Å²) in [4.78, 5) is 4.72. The number of fused-ring (bicyclic) bond motifs is 1. The van der Waals surface area contributed by atoms with Crippen LogP contribution in [0, 0.1) is 6.92 Å². The molecule has 2 N–H and O–H groups in total. The highest BCUT2D eigenvalue weighted by Gasteiger charge is 2.16. The van der Waals surface area contributed by atoms with E-state index in [1.807, 2.05) is 43.3 Å². The first kappa shape index (κ1) is 13.7. The third-order valence-corrected chi connectivity index (χ3v) is 3.91. The van der Waals surface area contributed by atoms with Crippen LogP contribution in [-0.2, 0) is 0 Å². The maximum atomic E-state index is 6.32. The van der Waals surface area contributed by atoms with Gasteiger partial charge in [-0.1, -0.05) is 41.9 Å². The van der Waals surface area contributed by atoms with Crippen LogP contribution >= 0.6 is 11.6 Å². The number of anilines is 1. The molecule has 1 heterocycles. The van der Waals surface area contributed by atoms with Crippen molar-refractivity contribution in [3.63, 3.8) is 0 Å². The van der Waals surface area contributed by atoms with E-state index in [1.54, 1.807) is 13.2 Å². The van der Waals surface area contributed by atoms with E-state index in [0.717, 1.165) is 22.2 Å². The second-order valence-corrected chi connectivity index (χ2v) is 5.25. The summed E-state index contributed by atoms with van der Waals surface area (Å²) in [5.74, 6) is 0.683. The summed E-state index contributed by atoms with van der Waals surface area (Å²) in [7, 11) is 1.61. The zero-order valence-corrected chi connectivity index (χ0v) is 12.6. The molecule has 21 heavy (non-hydrogen) atoms. The molecule has 0 saturated carbocycles. The average Bonchev–Trinajstić information content (AvgIpc) is 2.52. The molecule has 0 aliphatic rings. The third kappa shape index (κ3) is 2.20. The van der Waals surface area contributed by atoms with Gasteiger partial charge in [-0.15, -0.1) is 0 Å². The van der Waals surface area contributed by atoms with Crippen LogP contribution in [0.3, 0.4) is 0 Å². The Morgan fingerprint density at radius 1 is 1.10 bits per heavy atom. The molecular weight excluding hydrogens is 284 g/mol. The van der Waals surface area contributed by atoms with Crippen molar-refractivity contribution in [1.29, 1.82) is 0 Å². The summed E-state index contributed by atoms with van der Waals surface area (Å²) in [5.41, 5.74) is 10.4. The Morgan fingerprint density at radius 2 is 1.81 bits per heavy atom. The first-order chi connectivity index (χ1) is 10.1. The van der Waals surface area contributed by atoms with Gasteiger partial charge >= 0.3 is 0 Å². The standard InChI is InChI=1S/C17H15ClN2O/c1-10-15(19)14-13(21-2)9-8-12(18)17(14)20-16(10)11-6-4-3-5-7-11/h3-9H,1-2H3,(H2,19,20). The van der Waals surface area contributed by atoms with Crippen LogP contribution in [-0.4, -0.2) is 12.1 Å². The minimum Gasteiger partial charge on any atom is -0.496 e. The number of aromatic nitrogens is 1. The molecule has 0 saturated heterocycles. The summed E-state index contributed by atoms with van der Waals surface area (Å²) < 4.78 is 5.39. The summed E-state index contributed by atoms with van der Waals surface area (Å²) in [6.07, 6.45) is 0. The summed E-state index contributed by atoms with van der Waals surface area (Å²) >= 11 is 6.30. The Labute approximate surface area is 128 Å². The monoisotopic (exact) mass is 298 g/mol. The average molecular weight is 299 g/mol. The van der Waals surface area contributed by atoms with Crippen LogP contribution in [0.15, 0.2) is 42.5 Å². The van der Waals surface area contributed by atoms with Crippen molar-refractivity contribution in [2.24, 2.45) is 0 Å². The lowest BCUT2D eigenvalue weighted by Gasteiger charge is -2.14. The van der Waals surface area contributed by atoms with Gasteiger partial charge < -0.3 is 10.5 Å². The fourth-order valence-electron chi connectivity index (χ4n) is 2.47. The highest BCUT2D eigenvalue weighted by Crippen LogP contribution is 2.39. The number of nitrogens with two attached hydrogens (primary N) is 1. The van der Waals surface area contributed by atoms with Crippen LogP contribution < -0.4 is 10.5 Å². The quantitative estimate of drug-likeness (QED) is 0.760. The van der Waals surface area contributed by atoms with Crippen LogP contribution in [0.1, 0.15) is 5.56 Å². The highest BCUT2D eigenvalue weighted by molar-refractivity contribution is 6.35. The number of rotatable bonds is 2. The lowest BCUT2D eigenvalue weighted by Crippen LogP contribution is -2.00. The predicted octanol–water partition coefficient (Wildman–Crippen LogP) is 4.45. The summed E-state index contributed by atoms with van der Waals surface area (Å²) in [5, 5.41) is 1.33. The lowest BCUT2D eigenvalue weighted by molar-refractivity contribution is 0.420. The van der Waals surface area contributed by atoms with E-state index in [-0.39, 0.29) is 0 Å². The van der Waals surface area contributed by atoms with Gasteiger partial charge in [0.1, 0.15) is 5.75 Å².